The monoisotopic (exact) mass is 491 g/mol. The molecule has 5 nitrogen and oxygen atoms in total. The second-order valence-electron chi connectivity index (χ2n) is 7.93. The van der Waals surface area contributed by atoms with E-state index in [0.717, 1.165) is 27.1 Å². The average Bonchev–Trinajstić information content (AvgIpc) is 3.16. The van der Waals surface area contributed by atoms with Gasteiger partial charge in [-0.15, -0.1) is 0 Å². The molecule has 0 fully saturated rings. The largest absolute Gasteiger partial charge is 0.492 e. The average molecular weight is 492 g/mol. The lowest BCUT2D eigenvalue weighted by molar-refractivity contribution is 0.0949. The van der Waals surface area contributed by atoms with Gasteiger partial charge in [0.2, 0.25) is 0 Å². The third-order valence-corrected chi connectivity index (χ3v) is 5.91. The number of nitrogens with zero attached hydrogens (tertiary/aromatic N) is 2. The van der Waals surface area contributed by atoms with Gasteiger partial charge >= 0.3 is 0 Å². The van der Waals surface area contributed by atoms with E-state index in [-0.39, 0.29) is 5.91 Å². The minimum Gasteiger partial charge on any atom is -0.492 e. The Hall–Kier alpha value is -3.12. The van der Waals surface area contributed by atoms with Crippen molar-refractivity contribution in [2.45, 2.75) is 32.9 Å². The molecule has 0 saturated carbocycles. The fourth-order valence-electron chi connectivity index (χ4n) is 3.58. The highest BCUT2D eigenvalue weighted by atomic mass is 79.9. The summed E-state index contributed by atoms with van der Waals surface area (Å²) in [6, 6.07) is 23.5. The molecule has 0 atom stereocenters. The Morgan fingerprint density at radius 1 is 1.03 bits per heavy atom. The molecule has 1 N–H and O–H groups in total. The smallest absolute Gasteiger partial charge is 0.251 e. The summed E-state index contributed by atoms with van der Waals surface area (Å²) in [7, 11) is 0. The van der Waals surface area contributed by atoms with E-state index in [2.05, 4.69) is 51.8 Å². The van der Waals surface area contributed by atoms with Crippen LogP contribution in [0.4, 0.5) is 0 Å². The lowest BCUT2D eigenvalue weighted by Crippen LogP contribution is -2.25. The van der Waals surface area contributed by atoms with Crippen LogP contribution in [0.15, 0.2) is 77.3 Å². The molecule has 4 rings (SSSR count). The van der Waals surface area contributed by atoms with E-state index in [1.807, 2.05) is 48.5 Å². The van der Waals surface area contributed by atoms with Crippen LogP contribution < -0.4 is 10.1 Å². The van der Waals surface area contributed by atoms with E-state index >= 15 is 0 Å². The van der Waals surface area contributed by atoms with E-state index < -0.39 is 0 Å². The number of hydrogen-bond acceptors (Lipinski definition) is 3. The van der Waals surface area contributed by atoms with Crippen molar-refractivity contribution in [3.63, 3.8) is 0 Å². The molecule has 0 aliphatic carbocycles. The second kappa shape index (κ2) is 10.0. The summed E-state index contributed by atoms with van der Waals surface area (Å²) in [5, 5.41) is 2.98. The zero-order valence-corrected chi connectivity index (χ0v) is 19.8. The topological polar surface area (TPSA) is 56.1 Å². The van der Waals surface area contributed by atoms with Gasteiger partial charge in [0.15, 0.2) is 0 Å². The standard InChI is InChI=1S/C26H26BrN3O2/c1-18(2)19-9-13-22(14-10-19)32-16-15-30-24-6-4-3-5-23(24)29-25(30)17-28-26(31)20-7-11-21(27)12-8-20/h3-14,18H,15-17H2,1-2H3,(H,28,31). The first-order chi connectivity index (χ1) is 15.5. The minimum absolute atomic E-state index is 0.127. The Morgan fingerprint density at radius 3 is 2.47 bits per heavy atom. The summed E-state index contributed by atoms with van der Waals surface area (Å²) in [6.45, 7) is 5.84. The second-order valence-corrected chi connectivity index (χ2v) is 8.85. The molecule has 1 aromatic heterocycles. The molecule has 6 heteroatoms. The van der Waals surface area contributed by atoms with Crippen LogP contribution in [0.25, 0.3) is 11.0 Å². The van der Waals surface area contributed by atoms with Crippen molar-refractivity contribution >= 4 is 32.9 Å². The maximum atomic E-state index is 12.5. The molecule has 1 amide bonds. The van der Waals surface area contributed by atoms with Crippen molar-refractivity contribution in [2.75, 3.05) is 6.61 Å². The number of nitrogens with one attached hydrogen (secondary N) is 1. The summed E-state index contributed by atoms with van der Waals surface area (Å²) in [4.78, 5) is 17.3. The lowest BCUT2D eigenvalue weighted by atomic mass is 10.0. The summed E-state index contributed by atoms with van der Waals surface area (Å²) in [6.07, 6.45) is 0. The fraction of sp³-hybridized carbons (Fsp3) is 0.231. The molecular weight excluding hydrogens is 466 g/mol. The third-order valence-electron chi connectivity index (χ3n) is 5.38. The van der Waals surface area contributed by atoms with E-state index in [4.69, 9.17) is 9.72 Å². The molecule has 0 radical (unpaired) electrons. The predicted molar refractivity (Wildman–Crippen MR) is 131 cm³/mol. The summed E-state index contributed by atoms with van der Waals surface area (Å²) < 4.78 is 9.03. The van der Waals surface area contributed by atoms with Gasteiger partial charge in [0.1, 0.15) is 18.2 Å². The van der Waals surface area contributed by atoms with E-state index in [1.165, 1.54) is 5.56 Å². The Balaban J connectivity index is 1.45. The molecule has 0 bridgehead atoms. The Kier molecular flexibility index (Phi) is 6.90. The number of ether oxygens (including phenoxy) is 1. The molecular formula is C26H26BrN3O2. The van der Waals surface area contributed by atoms with E-state index in [9.17, 15) is 4.79 Å². The number of carbonyl (C=O) groups excluding carboxylic acids is 1. The Bertz CT molecular complexity index is 1200. The molecule has 0 aliphatic heterocycles. The first-order valence-corrected chi connectivity index (χ1v) is 11.5. The molecule has 3 aromatic carbocycles. The number of benzene rings is 3. The number of hydrogen-bond donors (Lipinski definition) is 1. The molecule has 0 saturated heterocycles. The van der Waals surface area contributed by atoms with Crippen molar-refractivity contribution in [3.8, 4) is 5.75 Å². The minimum atomic E-state index is -0.127. The highest BCUT2D eigenvalue weighted by Gasteiger charge is 2.13. The van der Waals surface area contributed by atoms with Crippen LogP contribution in [0.3, 0.4) is 0 Å². The number of aromatic nitrogens is 2. The molecule has 32 heavy (non-hydrogen) atoms. The molecule has 0 aliphatic rings. The van der Waals surface area contributed by atoms with Gasteiger partial charge in [0.05, 0.1) is 24.1 Å². The van der Waals surface area contributed by atoms with Gasteiger partial charge in [-0.05, 0) is 60.0 Å². The van der Waals surface area contributed by atoms with Crippen molar-refractivity contribution in [3.05, 3.63) is 94.2 Å². The number of para-hydroxylation sites is 2. The Morgan fingerprint density at radius 2 is 1.75 bits per heavy atom. The van der Waals surface area contributed by atoms with E-state index in [0.29, 0.717) is 31.2 Å². The number of halogens is 1. The molecule has 1 heterocycles. The first kappa shape index (κ1) is 22.1. The number of fused-ring (bicyclic) bond motifs is 1. The van der Waals surface area contributed by atoms with Gasteiger partial charge in [0, 0.05) is 10.0 Å². The van der Waals surface area contributed by atoms with Crippen LogP contribution in [-0.2, 0) is 13.1 Å². The summed E-state index contributed by atoms with van der Waals surface area (Å²) in [5.41, 5.74) is 3.84. The predicted octanol–water partition coefficient (Wildman–Crippen LogP) is 5.93. The highest BCUT2D eigenvalue weighted by molar-refractivity contribution is 9.10. The van der Waals surface area contributed by atoms with Crippen LogP contribution in [-0.4, -0.2) is 22.1 Å². The quantitative estimate of drug-likeness (QED) is 0.332. The van der Waals surface area contributed by atoms with Crippen LogP contribution in [0.1, 0.15) is 41.5 Å². The van der Waals surface area contributed by atoms with Crippen molar-refractivity contribution in [1.82, 2.24) is 14.9 Å². The van der Waals surface area contributed by atoms with Crippen molar-refractivity contribution < 1.29 is 9.53 Å². The fourth-order valence-corrected chi connectivity index (χ4v) is 3.84. The zero-order chi connectivity index (χ0) is 22.5. The number of carbonyl (C=O) groups is 1. The first-order valence-electron chi connectivity index (χ1n) is 10.7. The van der Waals surface area contributed by atoms with Gasteiger partial charge in [-0.25, -0.2) is 4.98 Å². The number of amides is 1. The van der Waals surface area contributed by atoms with Gasteiger partial charge in [0.25, 0.3) is 5.91 Å². The van der Waals surface area contributed by atoms with Gasteiger partial charge in [-0.3, -0.25) is 4.79 Å². The SMILES string of the molecule is CC(C)c1ccc(OCCn2c(CNC(=O)c3ccc(Br)cc3)nc3ccccc32)cc1. The zero-order valence-electron chi connectivity index (χ0n) is 18.2. The lowest BCUT2D eigenvalue weighted by Gasteiger charge is -2.12. The number of imidazole rings is 1. The van der Waals surface area contributed by atoms with Crippen LogP contribution in [0.5, 0.6) is 5.75 Å². The van der Waals surface area contributed by atoms with Crippen molar-refractivity contribution in [1.29, 1.82) is 0 Å². The van der Waals surface area contributed by atoms with Gasteiger partial charge < -0.3 is 14.6 Å². The van der Waals surface area contributed by atoms with E-state index in [1.54, 1.807) is 12.1 Å². The third kappa shape index (κ3) is 5.19. The van der Waals surface area contributed by atoms with Crippen molar-refractivity contribution in [2.24, 2.45) is 0 Å². The molecule has 164 valence electrons. The molecule has 4 aromatic rings. The van der Waals surface area contributed by atoms with Crippen LogP contribution in [0, 0.1) is 0 Å². The van der Waals surface area contributed by atoms with Crippen LogP contribution in [0.2, 0.25) is 0 Å². The summed E-state index contributed by atoms with van der Waals surface area (Å²) >= 11 is 3.39. The summed E-state index contributed by atoms with van der Waals surface area (Å²) in [5.74, 6) is 2.02. The highest BCUT2D eigenvalue weighted by Crippen LogP contribution is 2.20. The van der Waals surface area contributed by atoms with Gasteiger partial charge in [-0.2, -0.15) is 0 Å². The Labute approximate surface area is 196 Å². The van der Waals surface area contributed by atoms with Crippen LogP contribution >= 0.6 is 15.9 Å². The molecule has 0 spiro atoms. The molecule has 0 unspecified atom stereocenters. The van der Waals surface area contributed by atoms with Gasteiger partial charge in [-0.1, -0.05) is 54.0 Å². The normalized spacial score (nSPS) is 11.1. The maximum Gasteiger partial charge on any atom is 0.251 e. The number of rotatable bonds is 8. The maximum absolute atomic E-state index is 12.5.